The number of ketones is 1. The molecule has 0 aliphatic heterocycles. The maximum atomic E-state index is 13.7. The molecule has 2 heterocycles. The van der Waals surface area contributed by atoms with Crippen molar-refractivity contribution >= 4 is 34.4 Å². The molecule has 3 N–H and O–H groups in total. The maximum absolute atomic E-state index is 13.7. The van der Waals surface area contributed by atoms with Crippen molar-refractivity contribution in [2.45, 2.75) is 0 Å². The van der Waals surface area contributed by atoms with E-state index in [1.54, 1.807) is 13.2 Å². The SMILES string of the molecule is CNc1cc(F)cc2c(C=CC(=O)c3cccc(C(=O)O)n3)c[nH]c12. The van der Waals surface area contributed by atoms with Gasteiger partial charge in [-0.2, -0.15) is 0 Å². The van der Waals surface area contributed by atoms with Crippen LogP contribution in [0.5, 0.6) is 0 Å². The summed E-state index contributed by atoms with van der Waals surface area (Å²) in [7, 11) is 1.69. The molecule has 0 saturated heterocycles. The van der Waals surface area contributed by atoms with E-state index in [1.165, 1.54) is 42.5 Å². The number of carbonyl (C=O) groups excluding carboxylic acids is 1. The monoisotopic (exact) mass is 339 g/mol. The maximum Gasteiger partial charge on any atom is 0.354 e. The lowest BCUT2D eigenvalue weighted by Gasteiger charge is -2.02. The average Bonchev–Trinajstić information content (AvgIpc) is 3.01. The molecule has 0 radical (unpaired) electrons. The smallest absolute Gasteiger partial charge is 0.354 e. The summed E-state index contributed by atoms with van der Waals surface area (Å²) in [6, 6.07) is 6.95. The Morgan fingerprint density at radius 1 is 1.28 bits per heavy atom. The van der Waals surface area contributed by atoms with Crippen LogP contribution in [0.25, 0.3) is 17.0 Å². The highest BCUT2D eigenvalue weighted by Gasteiger charge is 2.11. The molecule has 0 fully saturated rings. The highest BCUT2D eigenvalue weighted by molar-refractivity contribution is 6.07. The van der Waals surface area contributed by atoms with Crippen LogP contribution in [0.2, 0.25) is 0 Å². The highest BCUT2D eigenvalue weighted by atomic mass is 19.1. The minimum atomic E-state index is -1.20. The van der Waals surface area contributed by atoms with Gasteiger partial charge in [0.05, 0.1) is 11.2 Å². The molecule has 3 aromatic rings. The number of hydrogen-bond donors (Lipinski definition) is 3. The number of carbonyl (C=O) groups is 2. The number of rotatable bonds is 5. The van der Waals surface area contributed by atoms with Crippen LogP contribution in [0.15, 0.2) is 42.6 Å². The molecule has 7 heteroatoms. The summed E-state index contributed by atoms with van der Waals surface area (Å²) >= 11 is 0. The average molecular weight is 339 g/mol. The molecule has 3 rings (SSSR count). The van der Waals surface area contributed by atoms with Gasteiger partial charge < -0.3 is 15.4 Å². The molecule has 0 amide bonds. The number of halogens is 1. The summed E-state index contributed by atoms with van der Waals surface area (Å²) in [4.78, 5) is 30.0. The van der Waals surface area contributed by atoms with Crippen molar-refractivity contribution < 1.29 is 19.1 Å². The Morgan fingerprint density at radius 3 is 2.76 bits per heavy atom. The Labute approximate surface area is 142 Å². The first-order valence-electron chi connectivity index (χ1n) is 7.40. The lowest BCUT2D eigenvalue weighted by Crippen LogP contribution is -2.05. The summed E-state index contributed by atoms with van der Waals surface area (Å²) in [5.74, 6) is -2.04. The third-order valence-corrected chi connectivity index (χ3v) is 3.69. The number of benzene rings is 1. The third-order valence-electron chi connectivity index (χ3n) is 3.69. The van der Waals surface area contributed by atoms with Crippen molar-refractivity contribution in [1.82, 2.24) is 9.97 Å². The van der Waals surface area contributed by atoms with Crippen molar-refractivity contribution in [3.05, 3.63) is 65.4 Å². The molecule has 0 unspecified atom stereocenters. The Bertz CT molecular complexity index is 1010. The van der Waals surface area contributed by atoms with Gasteiger partial charge in [0.2, 0.25) is 5.78 Å². The van der Waals surface area contributed by atoms with Crippen LogP contribution in [0, 0.1) is 5.82 Å². The predicted molar refractivity (Wildman–Crippen MR) is 92.4 cm³/mol. The molecule has 6 nitrogen and oxygen atoms in total. The minimum Gasteiger partial charge on any atom is -0.477 e. The number of nitrogens with zero attached hydrogens (tertiary/aromatic N) is 1. The zero-order valence-electron chi connectivity index (χ0n) is 13.2. The van der Waals surface area contributed by atoms with Crippen LogP contribution in [-0.4, -0.2) is 33.9 Å². The summed E-state index contributed by atoms with van der Waals surface area (Å²) in [6.45, 7) is 0. The first-order valence-corrected chi connectivity index (χ1v) is 7.40. The number of aromatic nitrogens is 2. The zero-order valence-corrected chi connectivity index (χ0v) is 13.2. The number of hydrogen-bond acceptors (Lipinski definition) is 4. The van der Waals surface area contributed by atoms with Crippen molar-refractivity contribution in [3.63, 3.8) is 0 Å². The van der Waals surface area contributed by atoms with Gasteiger partial charge in [-0.15, -0.1) is 0 Å². The van der Waals surface area contributed by atoms with Crippen LogP contribution in [-0.2, 0) is 0 Å². The summed E-state index contributed by atoms with van der Waals surface area (Å²) in [5.41, 5.74) is 1.79. The zero-order chi connectivity index (χ0) is 18.0. The summed E-state index contributed by atoms with van der Waals surface area (Å²) < 4.78 is 13.7. The lowest BCUT2D eigenvalue weighted by molar-refractivity contribution is 0.0690. The largest absolute Gasteiger partial charge is 0.477 e. The minimum absolute atomic E-state index is 0.0260. The second kappa shape index (κ2) is 6.56. The number of allylic oxidation sites excluding steroid dienone is 1. The van der Waals surface area contributed by atoms with Gasteiger partial charge in [0.1, 0.15) is 17.2 Å². The number of nitrogens with one attached hydrogen (secondary N) is 2. The van der Waals surface area contributed by atoms with Gasteiger partial charge in [-0.05, 0) is 36.4 Å². The van der Waals surface area contributed by atoms with Gasteiger partial charge in [-0.3, -0.25) is 4.79 Å². The van der Waals surface area contributed by atoms with E-state index in [4.69, 9.17) is 5.11 Å². The summed E-state index contributed by atoms with van der Waals surface area (Å²) in [5, 5.41) is 12.5. The third kappa shape index (κ3) is 3.25. The molecule has 2 aromatic heterocycles. The van der Waals surface area contributed by atoms with Crippen molar-refractivity contribution in [2.75, 3.05) is 12.4 Å². The number of fused-ring (bicyclic) bond motifs is 1. The predicted octanol–water partition coefficient (Wildman–Crippen LogP) is 3.34. The number of H-pyrrole nitrogens is 1. The van der Waals surface area contributed by atoms with E-state index < -0.39 is 17.6 Å². The molecule has 126 valence electrons. The Hall–Kier alpha value is -3.48. The van der Waals surface area contributed by atoms with Crippen LogP contribution in [0.3, 0.4) is 0 Å². The quantitative estimate of drug-likeness (QED) is 0.489. The van der Waals surface area contributed by atoms with Gasteiger partial charge in [-0.25, -0.2) is 14.2 Å². The topological polar surface area (TPSA) is 95.1 Å². The molecular weight excluding hydrogens is 325 g/mol. The van der Waals surface area contributed by atoms with Crippen molar-refractivity contribution in [2.24, 2.45) is 0 Å². The van der Waals surface area contributed by atoms with Gasteiger partial charge in [0.25, 0.3) is 0 Å². The first-order chi connectivity index (χ1) is 12.0. The van der Waals surface area contributed by atoms with Gasteiger partial charge >= 0.3 is 5.97 Å². The van der Waals surface area contributed by atoms with Crippen LogP contribution >= 0.6 is 0 Å². The van der Waals surface area contributed by atoms with E-state index in [0.29, 0.717) is 16.6 Å². The standard InChI is InChI=1S/C18H14FN3O3/c1-20-15-8-11(19)7-12-10(9-21-17(12)15)5-6-16(23)13-3-2-4-14(22-13)18(24)25/h2-9,20-21H,1H3,(H,24,25). The van der Waals surface area contributed by atoms with Crippen LogP contribution < -0.4 is 5.32 Å². The molecule has 0 saturated carbocycles. The lowest BCUT2D eigenvalue weighted by atomic mass is 10.1. The Balaban J connectivity index is 1.93. The number of aromatic amines is 1. The second-order valence-electron chi connectivity index (χ2n) is 5.28. The van der Waals surface area contributed by atoms with E-state index in [-0.39, 0.29) is 11.4 Å². The van der Waals surface area contributed by atoms with E-state index >= 15 is 0 Å². The molecule has 0 spiro atoms. The Morgan fingerprint density at radius 2 is 2.04 bits per heavy atom. The molecule has 0 bridgehead atoms. The molecule has 0 aliphatic rings. The first kappa shape index (κ1) is 16.4. The van der Waals surface area contributed by atoms with E-state index in [0.717, 1.165) is 5.52 Å². The van der Waals surface area contributed by atoms with E-state index in [1.807, 2.05) is 0 Å². The fourth-order valence-electron chi connectivity index (χ4n) is 2.49. The molecule has 0 aliphatic carbocycles. The summed E-state index contributed by atoms with van der Waals surface area (Å²) in [6.07, 6.45) is 4.48. The van der Waals surface area contributed by atoms with Crippen LogP contribution in [0.1, 0.15) is 26.5 Å². The number of pyridine rings is 1. The van der Waals surface area contributed by atoms with Crippen molar-refractivity contribution in [1.29, 1.82) is 0 Å². The normalized spacial score (nSPS) is 11.1. The van der Waals surface area contributed by atoms with Gasteiger partial charge in [0.15, 0.2) is 0 Å². The van der Waals surface area contributed by atoms with Gasteiger partial charge in [0, 0.05) is 24.2 Å². The molecule has 25 heavy (non-hydrogen) atoms. The van der Waals surface area contributed by atoms with Crippen LogP contribution in [0.4, 0.5) is 10.1 Å². The highest BCUT2D eigenvalue weighted by Crippen LogP contribution is 2.27. The number of anilines is 1. The Kier molecular flexibility index (Phi) is 4.30. The number of carboxylic acids is 1. The number of carboxylic acid groups (broad SMARTS) is 1. The van der Waals surface area contributed by atoms with E-state index in [9.17, 15) is 14.0 Å². The molecular formula is C18H14FN3O3. The molecule has 1 aromatic carbocycles. The fourth-order valence-corrected chi connectivity index (χ4v) is 2.49. The van der Waals surface area contributed by atoms with Gasteiger partial charge in [-0.1, -0.05) is 6.07 Å². The van der Waals surface area contributed by atoms with E-state index in [2.05, 4.69) is 15.3 Å². The fraction of sp³-hybridized carbons (Fsp3) is 0.0556. The number of aromatic carboxylic acids is 1. The second-order valence-corrected chi connectivity index (χ2v) is 5.28. The molecule has 0 atom stereocenters. The van der Waals surface area contributed by atoms with Crippen molar-refractivity contribution in [3.8, 4) is 0 Å².